The Hall–Kier alpha value is -2.33. The van der Waals surface area contributed by atoms with Crippen LogP contribution < -0.4 is 0 Å². The molecule has 3 rings (SSSR count). The van der Waals surface area contributed by atoms with Gasteiger partial charge in [-0.3, -0.25) is 4.79 Å². The first kappa shape index (κ1) is 19.4. The number of esters is 1. The average molecular weight is 386 g/mol. The molecule has 1 heterocycles. The van der Waals surface area contributed by atoms with Crippen LogP contribution in [0.3, 0.4) is 0 Å². The molecule has 0 atom stereocenters. The van der Waals surface area contributed by atoms with Crippen LogP contribution in [0.1, 0.15) is 44.6 Å². The quantitative estimate of drug-likeness (QED) is 0.411. The van der Waals surface area contributed by atoms with E-state index in [1.165, 1.54) is 25.5 Å². The highest BCUT2D eigenvalue weighted by atomic mass is 35.5. The number of carbonyl (C=O) groups excluding carboxylic acids is 2. The van der Waals surface area contributed by atoms with Crippen LogP contribution in [0.2, 0.25) is 5.02 Å². The van der Waals surface area contributed by atoms with Crippen LogP contribution in [0.25, 0.3) is 6.08 Å². The van der Waals surface area contributed by atoms with Gasteiger partial charge in [-0.15, -0.1) is 0 Å². The highest BCUT2D eigenvalue weighted by molar-refractivity contribution is 6.32. The van der Waals surface area contributed by atoms with Gasteiger partial charge in [0.05, 0.1) is 18.3 Å². The maximum absolute atomic E-state index is 13.1. The van der Waals surface area contributed by atoms with E-state index >= 15 is 0 Å². The Bertz CT molecular complexity index is 851. The third-order valence-corrected chi connectivity index (χ3v) is 5.49. The summed E-state index contributed by atoms with van der Waals surface area (Å²) in [5.74, 6) is -0.678. The Kier molecular flexibility index (Phi) is 6.17. The summed E-state index contributed by atoms with van der Waals surface area (Å²) in [4.78, 5) is 27.1. The number of carbonyl (C=O) groups is 2. The van der Waals surface area contributed by atoms with Gasteiger partial charge in [-0.25, -0.2) is 4.79 Å². The highest BCUT2D eigenvalue weighted by Crippen LogP contribution is 2.33. The molecule has 0 saturated carbocycles. The molecule has 2 aliphatic rings. The summed E-state index contributed by atoms with van der Waals surface area (Å²) in [5, 5.41) is 0.533. The van der Waals surface area contributed by atoms with E-state index in [-0.39, 0.29) is 5.91 Å². The van der Waals surface area contributed by atoms with Gasteiger partial charge in [-0.2, -0.15) is 0 Å². The molecule has 0 unspecified atom stereocenters. The maximum atomic E-state index is 13.1. The molecule has 0 spiro atoms. The monoisotopic (exact) mass is 385 g/mol. The second-order valence-corrected chi connectivity index (χ2v) is 7.25. The summed E-state index contributed by atoms with van der Waals surface area (Å²) in [6.45, 7) is 2.36. The summed E-state index contributed by atoms with van der Waals surface area (Å²) in [5.41, 5.74) is 3.39. The van der Waals surface area contributed by atoms with Gasteiger partial charge in [0.1, 0.15) is 0 Å². The van der Waals surface area contributed by atoms with Gasteiger partial charge >= 0.3 is 5.97 Å². The van der Waals surface area contributed by atoms with Crippen LogP contribution in [-0.2, 0) is 14.3 Å². The number of amides is 1. The summed E-state index contributed by atoms with van der Waals surface area (Å²) in [7, 11) is 1.33. The number of hydrogen-bond acceptors (Lipinski definition) is 3. The second kappa shape index (κ2) is 8.57. The maximum Gasteiger partial charge on any atom is 0.340 e. The Morgan fingerprint density at radius 3 is 2.74 bits per heavy atom. The van der Waals surface area contributed by atoms with Crippen molar-refractivity contribution in [1.82, 2.24) is 4.90 Å². The zero-order chi connectivity index (χ0) is 19.4. The van der Waals surface area contributed by atoms with E-state index in [2.05, 4.69) is 6.08 Å². The number of rotatable bonds is 5. The van der Waals surface area contributed by atoms with Gasteiger partial charge in [0.2, 0.25) is 0 Å². The third kappa shape index (κ3) is 4.16. The number of nitrogens with zero attached hydrogens (tertiary/aromatic N) is 1. The average Bonchev–Trinajstić information content (AvgIpc) is 2.92. The van der Waals surface area contributed by atoms with E-state index in [9.17, 15) is 9.59 Å². The van der Waals surface area contributed by atoms with Gasteiger partial charge < -0.3 is 9.64 Å². The first-order valence-electron chi connectivity index (χ1n) is 9.28. The molecule has 27 heavy (non-hydrogen) atoms. The lowest BCUT2D eigenvalue weighted by Gasteiger charge is -2.20. The fourth-order valence-electron chi connectivity index (χ4n) is 3.63. The third-order valence-electron chi connectivity index (χ3n) is 5.15. The van der Waals surface area contributed by atoms with E-state index < -0.39 is 5.97 Å². The standard InChI is InChI=1S/C22H24ClNO3/c1-15-20(22(26)27-2)18(14-17-10-6-7-11-19(17)23)21(25)24(15)13-12-16-8-4-3-5-9-16/h6-8,10-11,14H,3-5,9,12-13H2,1-2H3/b18-14-. The molecule has 5 heteroatoms. The second-order valence-electron chi connectivity index (χ2n) is 6.85. The summed E-state index contributed by atoms with van der Waals surface area (Å²) in [6.07, 6.45) is 9.45. The molecule has 4 nitrogen and oxygen atoms in total. The highest BCUT2D eigenvalue weighted by Gasteiger charge is 2.36. The van der Waals surface area contributed by atoms with E-state index in [4.69, 9.17) is 16.3 Å². The van der Waals surface area contributed by atoms with E-state index in [0.29, 0.717) is 34.0 Å². The largest absolute Gasteiger partial charge is 0.465 e. The Morgan fingerprint density at radius 2 is 2.07 bits per heavy atom. The molecule has 0 N–H and O–H groups in total. The molecular weight excluding hydrogens is 362 g/mol. The lowest BCUT2D eigenvalue weighted by Crippen LogP contribution is -2.26. The van der Waals surface area contributed by atoms with Crippen LogP contribution >= 0.6 is 11.6 Å². The number of allylic oxidation sites excluding steroid dienone is 2. The molecule has 0 bridgehead atoms. The van der Waals surface area contributed by atoms with Crippen molar-refractivity contribution in [2.24, 2.45) is 0 Å². The van der Waals surface area contributed by atoms with Crippen molar-refractivity contribution in [3.63, 3.8) is 0 Å². The molecule has 0 aromatic heterocycles. The minimum Gasteiger partial charge on any atom is -0.465 e. The van der Waals surface area contributed by atoms with Gasteiger partial charge in [-0.05, 0) is 56.7 Å². The zero-order valence-electron chi connectivity index (χ0n) is 15.8. The van der Waals surface area contributed by atoms with Crippen molar-refractivity contribution < 1.29 is 14.3 Å². The Balaban J connectivity index is 1.91. The lowest BCUT2D eigenvalue weighted by atomic mass is 9.97. The molecule has 142 valence electrons. The zero-order valence-corrected chi connectivity index (χ0v) is 16.5. The van der Waals surface area contributed by atoms with Crippen LogP contribution in [0.4, 0.5) is 0 Å². The predicted molar refractivity (Wildman–Crippen MR) is 107 cm³/mol. The van der Waals surface area contributed by atoms with Gasteiger partial charge in [0.15, 0.2) is 0 Å². The summed E-state index contributed by atoms with van der Waals surface area (Å²) in [6, 6.07) is 7.25. The van der Waals surface area contributed by atoms with Crippen molar-refractivity contribution in [1.29, 1.82) is 0 Å². The molecule has 1 aliphatic carbocycles. The van der Waals surface area contributed by atoms with Crippen molar-refractivity contribution in [3.05, 3.63) is 63.3 Å². The topological polar surface area (TPSA) is 46.6 Å². The molecule has 0 saturated heterocycles. The van der Waals surface area contributed by atoms with Crippen molar-refractivity contribution in [2.75, 3.05) is 13.7 Å². The van der Waals surface area contributed by atoms with Crippen molar-refractivity contribution in [2.45, 2.75) is 39.0 Å². The fraction of sp³-hybridized carbons (Fsp3) is 0.364. The summed E-state index contributed by atoms with van der Waals surface area (Å²) < 4.78 is 4.93. The van der Waals surface area contributed by atoms with E-state index in [1.54, 1.807) is 24.0 Å². The fourth-order valence-corrected chi connectivity index (χ4v) is 3.82. The molecular formula is C22H24ClNO3. The van der Waals surface area contributed by atoms with Crippen LogP contribution in [0.5, 0.6) is 0 Å². The first-order chi connectivity index (χ1) is 13.0. The lowest BCUT2D eigenvalue weighted by molar-refractivity contribution is -0.136. The molecule has 0 fully saturated rings. The SMILES string of the molecule is COC(=O)C1=C(C)N(CCC2=CCCCC2)C(=O)/C1=C\c1ccccc1Cl. The molecule has 1 amide bonds. The predicted octanol–water partition coefficient (Wildman–Crippen LogP) is 4.90. The molecule has 1 aliphatic heterocycles. The molecule has 1 aromatic carbocycles. The van der Waals surface area contributed by atoms with Crippen molar-refractivity contribution >= 4 is 29.6 Å². The van der Waals surface area contributed by atoms with Crippen LogP contribution in [0, 0.1) is 0 Å². The van der Waals surface area contributed by atoms with E-state index in [1.807, 2.05) is 18.2 Å². The number of methoxy groups -OCH3 is 1. The number of benzene rings is 1. The number of hydrogen-bond donors (Lipinski definition) is 0. The first-order valence-corrected chi connectivity index (χ1v) is 9.66. The van der Waals surface area contributed by atoms with E-state index in [0.717, 1.165) is 19.3 Å². The normalized spacial score (nSPS) is 18.9. The number of halogens is 1. The summed E-state index contributed by atoms with van der Waals surface area (Å²) >= 11 is 6.24. The smallest absolute Gasteiger partial charge is 0.340 e. The minimum atomic E-state index is -0.501. The molecule has 0 radical (unpaired) electrons. The van der Waals surface area contributed by atoms with Gasteiger partial charge in [0.25, 0.3) is 5.91 Å². The molecule has 1 aromatic rings. The van der Waals surface area contributed by atoms with Crippen LogP contribution in [-0.4, -0.2) is 30.4 Å². The van der Waals surface area contributed by atoms with Gasteiger partial charge in [0, 0.05) is 17.3 Å². The van der Waals surface area contributed by atoms with Gasteiger partial charge in [-0.1, -0.05) is 41.4 Å². The van der Waals surface area contributed by atoms with Crippen molar-refractivity contribution in [3.8, 4) is 0 Å². The van der Waals surface area contributed by atoms with Crippen LogP contribution in [0.15, 0.2) is 52.8 Å². The Labute approximate surface area is 165 Å². The minimum absolute atomic E-state index is 0.177. The number of ether oxygens (including phenoxy) is 1. The Morgan fingerprint density at radius 1 is 1.30 bits per heavy atom.